The molecule has 0 fully saturated rings. The lowest BCUT2D eigenvalue weighted by atomic mass is 10.0. The van der Waals surface area contributed by atoms with E-state index in [4.69, 9.17) is 9.72 Å². The van der Waals surface area contributed by atoms with E-state index >= 15 is 0 Å². The topological polar surface area (TPSA) is 76.6 Å². The summed E-state index contributed by atoms with van der Waals surface area (Å²) in [4.78, 5) is 4.75. The van der Waals surface area contributed by atoms with Crippen LogP contribution in [0.4, 0.5) is 0 Å². The van der Waals surface area contributed by atoms with Crippen molar-refractivity contribution in [2.45, 2.75) is 24.5 Å². The molecule has 1 aromatic carbocycles. The number of aromatic amines is 1. The summed E-state index contributed by atoms with van der Waals surface area (Å²) >= 11 is 1.69. The van der Waals surface area contributed by atoms with E-state index in [9.17, 15) is 0 Å². The molecule has 0 saturated carbocycles. The molecule has 2 aromatic heterocycles. The Morgan fingerprint density at radius 3 is 3.00 bits per heavy atom. The van der Waals surface area contributed by atoms with E-state index in [0.717, 1.165) is 40.9 Å². The highest BCUT2D eigenvalue weighted by Crippen LogP contribution is 2.28. The molecule has 1 aliphatic rings. The molecule has 3 heterocycles. The summed E-state index contributed by atoms with van der Waals surface area (Å²) in [5.74, 6) is 2.55. The molecule has 0 saturated heterocycles. The number of thioether (sulfide) groups is 1. The van der Waals surface area contributed by atoms with Crippen LogP contribution in [0.3, 0.4) is 0 Å². The van der Waals surface area contributed by atoms with Gasteiger partial charge in [0.25, 0.3) is 0 Å². The van der Waals surface area contributed by atoms with Crippen LogP contribution in [0.5, 0.6) is 5.75 Å². The second-order valence-corrected chi connectivity index (χ2v) is 6.37. The lowest BCUT2D eigenvalue weighted by Gasteiger charge is -2.07. The summed E-state index contributed by atoms with van der Waals surface area (Å²) < 4.78 is 5.89. The highest BCUT2D eigenvalue weighted by atomic mass is 32.2. The fourth-order valence-corrected chi connectivity index (χ4v) is 3.39. The molecule has 0 spiro atoms. The predicted octanol–water partition coefficient (Wildman–Crippen LogP) is 2.41. The number of aromatic nitrogens is 5. The molecule has 3 aromatic rings. The number of tetrazole rings is 1. The van der Waals surface area contributed by atoms with Crippen LogP contribution in [-0.4, -0.2) is 31.4 Å². The number of benzene rings is 1. The molecule has 0 radical (unpaired) electrons. The fourth-order valence-electron chi connectivity index (χ4n) is 2.55. The first-order chi connectivity index (χ1) is 11.4. The highest BCUT2D eigenvalue weighted by Gasteiger charge is 2.15. The van der Waals surface area contributed by atoms with Crippen molar-refractivity contribution in [3.63, 3.8) is 0 Å². The number of H-pyrrole nitrogens is 1. The molecule has 4 rings (SSSR count). The first kappa shape index (κ1) is 14.2. The fraction of sp³-hybridized carbons (Fsp3) is 0.250. The molecule has 23 heavy (non-hydrogen) atoms. The van der Waals surface area contributed by atoms with Crippen LogP contribution in [0.15, 0.2) is 41.4 Å². The number of pyridine rings is 1. The van der Waals surface area contributed by atoms with Crippen LogP contribution in [0.2, 0.25) is 0 Å². The van der Waals surface area contributed by atoms with Crippen molar-refractivity contribution in [3.8, 4) is 5.75 Å². The molecule has 0 unspecified atom stereocenters. The van der Waals surface area contributed by atoms with Gasteiger partial charge in [0, 0.05) is 18.6 Å². The van der Waals surface area contributed by atoms with E-state index in [-0.39, 0.29) is 0 Å². The van der Waals surface area contributed by atoms with Gasteiger partial charge in [-0.3, -0.25) is 0 Å². The zero-order chi connectivity index (χ0) is 15.5. The second kappa shape index (κ2) is 6.37. The quantitative estimate of drug-likeness (QED) is 0.742. The first-order valence-corrected chi connectivity index (χ1v) is 8.42. The van der Waals surface area contributed by atoms with Gasteiger partial charge in [0.1, 0.15) is 12.4 Å². The Balaban J connectivity index is 1.46. The lowest BCUT2D eigenvalue weighted by molar-refractivity contribution is 0.301. The van der Waals surface area contributed by atoms with Crippen molar-refractivity contribution < 1.29 is 4.74 Å². The maximum atomic E-state index is 5.89. The van der Waals surface area contributed by atoms with Gasteiger partial charge >= 0.3 is 0 Å². The molecule has 1 aliphatic heterocycles. The largest absolute Gasteiger partial charge is 0.487 e. The Labute approximate surface area is 137 Å². The summed E-state index contributed by atoms with van der Waals surface area (Å²) in [5.41, 5.74) is 3.47. The van der Waals surface area contributed by atoms with E-state index in [1.807, 2.05) is 18.2 Å². The molecular formula is C16H15N5OS. The van der Waals surface area contributed by atoms with Gasteiger partial charge in [-0.2, -0.15) is 5.21 Å². The minimum Gasteiger partial charge on any atom is -0.487 e. The average Bonchev–Trinajstić information content (AvgIpc) is 3.02. The summed E-state index contributed by atoms with van der Waals surface area (Å²) in [6, 6.07) is 12.4. The Hall–Kier alpha value is -2.41. The number of hydrogen-bond donors (Lipinski definition) is 1. The van der Waals surface area contributed by atoms with Crippen molar-refractivity contribution in [1.29, 1.82) is 0 Å². The molecule has 0 aliphatic carbocycles. The summed E-state index contributed by atoms with van der Waals surface area (Å²) in [6.45, 7) is 0.519. The van der Waals surface area contributed by atoms with Gasteiger partial charge in [-0.25, -0.2) is 4.98 Å². The third-order valence-corrected chi connectivity index (χ3v) is 4.66. The summed E-state index contributed by atoms with van der Waals surface area (Å²) in [7, 11) is 0. The zero-order valence-corrected chi connectivity index (χ0v) is 13.2. The normalized spacial score (nSPS) is 12.9. The van der Waals surface area contributed by atoms with E-state index < -0.39 is 0 Å². The summed E-state index contributed by atoms with van der Waals surface area (Å²) in [5, 5.41) is 14.9. The number of rotatable bonds is 4. The van der Waals surface area contributed by atoms with Crippen LogP contribution in [0.25, 0.3) is 0 Å². The van der Waals surface area contributed by atoms with Gasteiger partial charge in [0.2, 0.25) is 0 Å². The maximum absolute atomic E-state index is 5.89. The van der Waals surface area contributed by atoms with Crippen LogP contribution in [0.1, 0.15) is 22.6 Å². The van der Waals surface area contributed by atoms with Crippen molar-refractivity contribution >= 4 is 11.8 Å². The Morgan fingerprint density at radius 1 is 1.13 bits per heavy atom. The average molecular weight is 325 g/mol. The van der Waals surface area contributed by atoms with Gasteiger partial charge < -0.3 is 4.74 Å². The van der Waals surface area contributed by atoms with Crippen molar-refractivity contribution in [3.05, 3.63) is 59.0 Å². The third-order valence-electron chi connectivity index (χ3n) is 3.73. The van der Waals surface area contributed by atoms with Crippen LogP contribution in [-0.2, 0) is 19.4 Å². The second-order valence-electron chi connectivity index (χ2n) is 5.25. The summed E-state index contributed by atoms with van der Waals surface area (Å²) in [6.07, 6.45) is 1.63. The number of hydrogen-bond acceptors (Lipinski definition) is 6. The number of nitrogens with zero attached hydrogens (tertiary/aromatic N) is 4. The van der Waals surface area contributed by atoms with Gasteiger partial charge in [0.15, 0.2) is 5.82 Å². The van der Waals surface area contributed by atoms with Gasteiger partial charge in [0.05, 0.1) is 10.7 Å². The molecule has 7 heteroatoms. The first-order valence-electron chi connectivity index (χ1n) is 7.43. The lowest BCUT2D eigenvalue weighted by Crippen LogP contribution is -2.01. The van der Waals surface area contributed by atoms with Crippen molar-refractivity contribution in [1.82, 2.24) is 25.6 Å². The van der Waals surface area contributed by atoms with Crippen molar-refractivity contribution in [2.24, 2.45) is 0 Å². The van der Waals surface area contributed by atoms with Gasteiger partial charge in [-0.05, 0) is 23.3 Å². The van der Waals surface area contributed by atoms with Gasteiger partial charge in [-0.15, -0.1) is 22.0 Å². The van der Waals surface area contributed by atoms with Crippen molar-refractivity contribution in [2.75, 3.05) is 5.75 Å². The highest BCUT2D eigenvalue weighted by molar-refractivity contribution is 7.99. The standard InChI is InChI=1S/C16H15N5OS/c1-2-4-14-12(3-1)9-11-5-6-16(17-13(11)10-22-14)23-8-7-15-18-20-21-19-15/h1-6H,7-10H2,(H,18,19,20,21). The number of para-hydroxylation sites is 1. The minimum absolute atomic E-state index is 0.519. The third kappa shape index (κ3) is 3.19. The molecule has 0 amide bonds. The Bertz CT molecular complexity index is 806. The number of nitrogens with one attached hydrogen (secondary N) is 1. The van der Waals surface area contributed by atoms with E-state index in [2.05, 4.69) is 38.8 Å². The van der Waals surface area contributed by atoms with Crippen LogP contribution >= 0.6 is 11.8 Å². The molecular weight excluding hydrogens is 310 g/mol. The monoisotopic (exact) mass is 325 g/mol. The predicted molar refractivity (Wildman–Crippen MR) is 86.4 cm³/mol. The van der Waals surface area contributed by atoms with E-state index in [0.29, 0.717) is 6.61 Å². The number of ether oxygens (including phenoxy) is 1. The van der Waals surface area contributed by atoms with Crippen LogP contribution in [0, 0.1) is 0 Å². The molecule has 0 atom stereocenters. The van der Waals surface area contributed by atoms with Gasteiger partial charge in [-0.1, -0.05) is 29.5 Å². The number of fused-ring (bicyclic) bond motifs is 2. The zero-order valence-electron chi connectivity index (χ0n) is 12.4. The molecule has 0 bridgehead atoms. The smallest absolute Gasteiger partial charge is 0.175 e. The van der Waals surface area contributed by atoms with Crippen LogP contribution < -0.4 is 4.74 Å². The van der Waals surface area contributed by atoms with E-state index in [1.54, 1.807) is 11.8 Å². The molecule has 6 nitrogen and oxygen atoms in total. The number of aryl methyl sites for hydroxylation is 1. The minimum atomic E-state index is 0.519. The molecule has 116 valence electrons. The Kier molecular flexibility index (Phi) is 3.94. The molecule has 1 N–H and O–H groups in total. The SMILES string of the molecule is c1ccc2c(c1)Cc1ccc(SCCc3nn[nH]n3)nc1CO2. The maximum Gasteiger partial charge on any atom is 0.175 e. The Morgan fingerprint density at radius 2 is 2.09 bits per heavy atom. The van der Waals surface area contributed by atoms with E-state index in [1.165, 1.54) is 11.1 Å².